The first-order valence-electron chi connectivity index (χ1n) is 20.2. The van der Waals surface area contributed by atoms with Crippen molar-refractivity contribution >= 4 is 25.7 Å². The molecule has 0 rings (SSSR count). The minimum atomic E-state index is -4.77. The quantitative estimate of drug-likeness (QED) is 0.0207. The van der Waals surface area contributed by atoms with Gasteiger partial charge in [-0.2, -0.15) is 0 Å². The van der Waals surface area contributed by atoms with Gasteiger partial charge in [0.05, 0.1) is 13.2 Å². The third-order valence-corrected chi connectivity index (χ3v) is 9.32. The molecule has 0 aromatic rings. The molecule has 0 radical (unpaired) electrons. The number of hydrogen-bond donors (Lipinski definition) is 4. The second-order valence-electron chi connectivity index (χ2n) is 13.5. The van der Waals surface area contributed by atoms with Gasteiger partial charge in [-0.05, 0) is 51.4 Å². The van der Waals surface area contributed by atoms with Gasteiger partial charge in [-0.3, -0.25) is 18.6 Å². The van der Waals surface area contributed by atoms with E-state index in [1.807, 2.05) is 12.2 Å². The fourth-order valence-electron chi connectivity index (χ4n) is 5.19. The summed E-state index contributed by atoms with van der Waals surface area (Å²) in [6, 6.07) is -1.57. The summed E-state index contributed by atoms with van der Waals surface area (Å²) in [6.45, 7) is 2.50. The number of hydrogen-bond acceptors (Lipinski definition) is 8. The highest BCUT2D eigenvalue weighted by molar-refractivity contribution is 7.47. The number of unbranched alkanes of at least 4 members (excludes halogenated alkanes) is 15. The normalized spacial score (nSPS) is 14.3. The molecule has 0 aromatic heterocycles. The molecule has 0 fully saturated rings. The van der Waals surface area contributed by atoms with Gasteiger partial charge < -0.3 is 25.2 Å². The van der Waals surface area contributed by atoms with Crippen LogP contribution in [-0.2, 0) is 32.7 Å². The lowest BCUT2D eigenvalue weighted by atomic mass is 10.0. The van der Waals surface area contributed by atoms with Crippen molar-refractivity contribution in [2.24, 2.45) is 0 Å². The molecule has 0 heterocycles. The molecular weight excluding hydrogens is 697 g/mol. The minimum absolute atomic E-state index is 0.0688. The van der Waals surface area contributed by atoms with Crippen LogP contribution in [0.4, 0.5) is 0 Å². The lowest BCUT2D eigenvalue weighted by molar-refractivity contribution is -0.147. The Bertz CT molecular complexity index is 1090. The largest absolute Gasteiger partial charge is 0.480 e. The molecule has 0 aliphatic heterocycles. The van der Waals surface area contributed by atoms with Gasteiger partial charge in [0.1, 0.15) is 12.7 Å². The highest BCUT2D eigenvalue weighted by atomic mass is 31.2. The first-order chi connectivity index (χ1) is 25.6. The zero-order valence-corrected chi connectivity index (χ0v) is 33.7. The number of phosphoric acid groups is 1. The van der Waals surface area contributed by atoms with Crippen LogP contribution in [0, 0.1) is 0 Å². The Hall–Kier alpha value is -2.56. The van der Waals surface area contributed by atoms with E-state index in [4.69, 9.17) is 13.8 Å². The second kappa shape index (κ2) is 36.4. The van der Waals surface area contributed by atoms with E-state index in [2.05, 4.69) is 55.6 Å². The standard InChI is InChI=1S/C41H72NO10P/c1-3-5-7-9-11-13-15-17-18-19-20-21-22-24-26-28-30-32-39(44)42-38(41(46)47)36-52-53(48,49)51-35-37(43)34-50-40(45)33-31-29-27-25-23-16-14-12-10-8-6-4-2/h11,13,17-18,20-21,24,26,37-38,43H,3-10,12,14-16,19,22-23,25,27-36H2,1-2H3,(H,42,44)(H,46,47)(H,48,49)/b13-11-,18-17-,21-20-,26-24-. The topological polar surface area (TPSA) is 169 Å². The first-order valence-corrected chi connectivity index (χ1v) is 21.7. The van der Waals surface area contributed by atoms with Crippen LogP contribution in [-0.4, -0.2) is 64.9 Å². The number of allylic oxidation sites excluding steroid dienone is 8. The zero-order chi connectivity index (χ0) is 39.3. The number of phosphoric ester groups is 1. The van der Waals surface area contributed by atoms with Crippen LogP contribution < -0.4 is 5.32 Å². The molecule has 11 nitrogen and oxygen atoms in total. The molecule has 0 aromatic carbocycles. The summed E-state index contributed by atoms with van der Waals surface area (Å²) in [5.41, 5.74) is 0. The molecule has 1 amide bonds. The lowest BCUT2D eigenvalue weighted by Crippen LogP contribution is -2.43. The third kappa shape index (κ3) is 36.2. The Morgan fingerprint density at radius 1 is 0.604 bits per heavy atom. The number of aliphatic carboxylic acids is 1. The van der Waals surface area contributed by atoms with E-state index in [0.717, 1.165) is 44.9 Å². The van der Waals surface area contributed by atoms with Crippen molar-refractivity contribution in [3.63, 3.8) is 0 Å². The van der Waals surface area contributed by atoms with Crippen LogP contribution in [0.15, 0.2) is 48.6 Å². The maximum Gasteiger partial charge on any atom is 0.472 e. The van der Waals surface area contributed by atoms with Gasteiger partial charge in [-0.25, -0.2) is 9.36 Å². The molecule has 0 saturated heterocycles. The summed E-state index contributed by atoms with van der Waals surface area (Å²) in [7, 11) is -4.77. The second-order valence-corrected chi connectivity index (χ2v) is 14.9. The molecule has 0 bridgehead atoms. The van der Waals surface area contributed by atoms with Crippen molar-refractivity contribution in [1.29, 1.82) is 0 Å². The number of rotatable bonds is 37. The molecule has 0 aliphatic rings. The Morgan fingerprint density at radius 3 is 1.58 bits per heavy atom. The zero-order valence-electron chi connectivity index (χ0n) is 32.8. The molecule has 3 unspecified atom stereocenters. The van der Waals surface area contributed by atoms with E-state index >= 15 is 0 Å². The number of aliphatic hydroxyl groups excluding tert-OH is 1. The Balaban J connectivity index is 4.05. The van der Waals surface area contributed by atoms with Gasteiger partial charge in [-0.15, -0.1) is 0 Å². The number of carbonyl (C=O) groups is 3. The Morgan fingerprint density at radius 2 is 1.06 bits per heavy atom. The third-order valence-electron chi connectivity index (χ3n) is 8.37. The van der Waals surface area contributed by atoms with E-state index < -0.39 is 57.6 Å². The van der Waals surface area contributed by atoms with Crippen LogP contribution in [0.1, 0.15) is 162 Å². The Labute approximate surface area is 320 Å². The molecule has 12 heteroatoms. The van der Waals surface area contributed by atoms with Gasteiger partial charge in [0.2, 0.25) is 5.91 Å². The van der Waals surface area contributed by atoms with Crippen LogP contribution in [0.3, 0.4) is 0 Å². The maximum absolute atomic E-state index is 12.3. The van der Waals surface area contributed by atoms with Crippen LogP contribution in [0.2, 0.25) is 0 Å². The van der Waals surface area contributed by atoms with E-state index in [9.17, 15) is 34.1 Å². The van der Waals surface area contributed by atoms with Crippen molar-refractivity contribution < 1.29 is 47.8 Å². The first kappa shape index (κ1) is 50.4. The van der Waals surface area contributed by atoms with Gasteiger partial charge in [0.15, 0.2) is 6.04 Å². The van der Waals surface area contributed by atoms with Crippen LogP contribution in [0.5, 0.6) is 0 Å². The van der Waals surface area contributed by atoms with Crippen molar-refractivity contribution in [2.75, 3.05) is 19.8 Å². The summed E-state index contributed by atoms with van der Waals surface area (Å²) in [4.78, 5) is 45.7. The van der Waals surface area contributed by atoms with Crippen molar-refractivity contribution in [1.82, 2.24) is 5.32 Å². The highest BCUT2D eigenvalue weighted by Gasteiger charge is 2.28. The number of carboxylic acids is 1. The summed E-state index contributed by atoms with van der Waals surface area (Å²) >= 11 is 0. The molecule has 3 atom stereocenters. The van der Waals surface area contributed by atoms with E-state index in [0.29, 0.717) is 19.3 Å². The predicted molar refractivity (Wildman–Crippen MR) is 212 cm³/mol. The fourth-order valence-corrected chi connectivity index (χ4v) is 5.96. The molecule has 0 spiro atoms. The van der Waals surface area contributed by atoms with Crippen LogP contribution in [0.25, 0.3) is 0 Å². The summed E-state index contributed by atoms with van der Waals surface area (Å²) in [5.74, 6) is -2.45. The average molecular weight is 770 g/mol. The number of ether oxygens (including phenoxy) is 1. The van der Waals surface area contributed by atoms with Crippen LogP contribution >= 0.6 is 7.82 Å². The summed E-state index contributed by atoms with van der Waals surface area (Å²) in [5, 5.41) is 21.7. The van der Waals surface area contributed by atoms with Gasteiger partial charge >= 0.3 is 19.8 Å². The summed E-state index contributed by atoms with van der Waals surface area (Å²) in [6.07, 6.45) is 38.6. The fraction of sp³-hybridized carbons (Fsp3) is 0.732. The van der Waals surface area contributed by atoms with Crippen molar-refractivity contribution in [3.05, 3.63) is 48.6 Å². The van der Waals surface area contributed by atoms with Crippen molar-refractivity contribution in [2.45, 2.75) is 174 Å². The van der Waals surface area contributed by atoms with E-state index in [1.54, 1.807) is 0 Å². The molecular formula is C41H72NO10P. The number of nitrogens with one attached hydrogen (secondary N) is 1. The number of esters is 1. The molecule has 306 valence electrons. The number of carbonyl (C=O) groups excluding carboxylic acids is 2. The highest BCUT2D eigenvalue weighted by Crippen LogP contribution is 2.43. The van der Waals surface area contributed by atoms with Crippen molar-refractivity contribution in [3.8, 4) is 0 Å². The minimum Gasteiger partial charge on any atom is -0.480 e. The molecule has 0 aliphatic carbocycles. The molecule has 53 heavy (non-hydrogen) atoms. The SMILES string of the molecule is CCCCC/C=C\C/C=C\C/C=C\C/C=C\CCCC(=O)NC(COP(=O)(O)OCC(O)COC(=O)CCCCCCCCCCCCCC)C(=O)O. The maximum atomic E-state index is 12.3. The molecule has 0 saturated carbocycles. The van der Waals surface area contributed by atoms with Gasteiger partial charge in [-0.1, -0.05) is 146 Å². The number of aliphatic hydroxyl groups is 1. The van der Waals surface area contributed by atoms with Gasteiger partial charge in [0, 0.05) is 12.8 Å². The van der Waals surface area contributed by atoms with E-state index in [-0.39, 0.29) is 12.8 Å². The van der Waals surface area contributed by atoms with E-state index in [1.165, 1.54) is 70.6 Å². The summed E-state index contributed by atoms with van der Waals surface area (Å²) < 4.78 is 26.7. The number of amides is 1. The number of carboxylic acid groups (broad SMARTS) is 1. The molecule has 4 N–H and O–H groups in total. The lowest BCUT2D eigenvalue weighted by Gasteiger charge is -2.18. The predicted octanol–water partition coefficient (Wildman–Crippen LogP) is 9.83. The monoisotopic (exact) mass is 769 g/mol. The Kier molecular flexibility index (Phi) is 34.7. The van der Waals surface area contributed by atoms with Gasteiger partial charge in [0.25, 0.3) is 0 Å². The smallest absolute Gasteiger partial charge is 0.472 e. The average Bonchev–Trinajstić information content (AvgIpc) is 3.13.